The van der Waals surface area contributed by atoms with E-state index >= 15 is 0 Å². The highest BCUT2D eigenvalue weighted by atomic mass is 16.4. The van der Waals surface area contributed by atoms with Gasteiger partial charge in [0.1, 0.15) is 11.4 Å². The maximum absolute atomic E-state index is 12.8. The summed E-state index contributed by atoms with van der Waals surface area (Å²) in [4.78, 5) is 25.4. The third-order valence-electron chi connectivity index (χ3n) is 4.20. The number of nitrogens with zero attached hydrogens (tertiary/aromatic N) is 3. The highest BCUT2D eigenvalue weighted by Crippen LogP contribution is 2.41. The van der Waals surface area contributed by atoms with E-state index in [1.807, 2.05) is 13.0 Å². The summed E-state index contributed by atoms with van der Waals surface area (Å²) >= 11 is 0. The number of phenolic OH excluding ortho intramolecular Hbond substituents is 1. The number of carboxylic acids is 1. The van der Waals surface area contributed by atoms with Crippen LogP contribution in [0.4, 0.5) is 5.69 Å². The molecule has 0 saturated carbocycles. The summed E-state index contributed by atoms with van der Waals surface area (Å²) in [7, 11) is 1.53. The number of carbonyl (C=O) groups is 2. The Hall–Kier alpha value is -2.83. The van der Waals surface area contributed by atoms with Gasteiger partial charge in [-0.05, 0) is 24.0 Å². The molecule has 0 saturated heterocycles. The van der Waals surface area contributed by atoms with Crippen LogP contribution in [-0.2, 0) is 7.05 Å². The smallest absolute Gasteiger partial charge is 0.356 e. The number of carbonyl (C=O) groups excluding carboxylic acids is 1. The Balaban J connectivity index is 2.05. The molecule has 1 aliphatic heterocycles. The van der Waals surface area contributed by atoms with Gasteiger partial charge in [0, 0.05) is 19.7 Å². The van der Waals surface area contributed by atoms with Gasteiger partial charge in [0.15, 0.2) is 5.69 Å². The van der Waals surface area contributed by atoms with Crippen molar-refractivity contribution >= 4 is 17.6 Å². The largest absolute Gasteiger partial charge is 0.506 e. The van der Waals surface area contributed by atoms with Crippen molar-refractivity contribution in [2.24, 2.45) is 7.05 Å². The fourth-order valence-corrected chi connectivity index (χ4v) is 2.94. The first-order chi connectivity index (χ1) is 10.9. The highest BCUT2D eigenvalue weighted by molar-refractivity contribution is 6.07. The Labute approximate surface area is 132 Å². The summed E-state index contributed by atoms with van der Waals surface area (Å²) in [6.07, 6.45) is 0.770. The summed E-state index contributed by atoms with van der Waals surface area (Å²) in [5, 5.41) is 23.0. The number of anilines is 1. The number of para-hydroxylation sites is 1. The van der Waals surface area contributed by atoms with E-state index in [1.165, 1.54) is 22.7 Å². The second-order valence-corrected chi connectivity index (χ2v) is 5.71. The molecule has 1 aliphatic rings. The number of aryl methyl sites for hydroxylation is 1. The molecule has 2 aromatic rings. The molecule has 120 valence electrons. The number of fused-ring (bicyclic) bond motifs is 1. The average Bonchev–Trinajstić information content (AvgIpc) is 2.90. The molecule has 1 aromatic heterocycles. The number of amides is 1. The van der Waals surface area contributed by atoms with Gasteiger partial charge in [-0.15, -0.1) is 0 Å². The number of carboxylic acid groups (broad SMARTS) is 1. The van der Waals surface area contributed by atoms with Crippen molar-refractivity contribution in [3.05, 3.63) is 41.2 Å². The van der Waals surface area contributed by atoms with Gasteiger partial charge in [0.05, 0.1) is 5.69 Å². The van der Waals surface area contributed by atoms with Gasteiger partial charge in [0.2, 0.25) is 0 Å². The zero-order valence-corrected chi connectivity index (χ0v) is 12.9. The number of phenols is 1. The molecule has 3 rings (SSSR count). The number of aromatic carboxylic acids is 1. The highest BCUT2D eigenvalue weighted by Gasteiger charge is 2.31. The van der Waals surface area contributed by atoms with Crippen LogP contribution in [0.5, 0.6) is 5.75 Å². The molecule has 23 heavy (non-hydrogen) atoms. The molecule has 0 aliphatic carbocycles. The van der Waals surface area contributed by atoms with E-state index in [9.17, 15) is 14.7 Å². The normalized spacial score (nSPS) is 17.0. The van der Waals surface area contributed by atoms with E-state index in [0.717, 1.165) is 12.0 Å². The van der Waals surface area contributed by atoms with E-state index < -0.39 is 5.97 Å². The molecule has 0 spiro atoms. The lowest BCUT2D eigenvalue weighted by atomic mass is 9.91. The lowest BCUT2D eigenvalue weighted by molar-refractivity contribution is 0.0689. The first kappa shape index (κ1) is 15.1. The average molecular weight is 315 g/mol. The van der Waals surface area contributed by atoms with Crippen LogP contribution < -0.4 is 4.90 Å². The topological polar surface area (TPSA) is 95.7 Å². The molecule has 1 aromatic carbocycles. The van der Waals surface area contributed by atoms with E-state index in [2.05, 4.69) is 5.10 Å². The molecule has 1 atom stereocenters. The maximum Gasteiger partial charge on any atom is 0.356 e. The minimum Gasteiger partial charge on any atom is -0.506 e. The Bertz CT molecular complexity index is 797. The van der Waals surface area contributed by atoms with Crippen molar-refractivity contribution in [3.63, 3.8) is 0 Å². The van der Waals surface area contributed by atoms with Crippen molar-refractivity contribution < 1.29 is 19.8 Å². The first-order valence-corrected chi connectivity index (χ1v) is 7.31. The molecular weight excluding hydrogens is 298 g/mol. The second kappa shape index (κ2) is 5.42. The second-order valence-electron chi connectivity index (χ2n) is 5.71. The van der Waals surface area contributed by atoms with E-state index in [0.29, 0.717) is 12.2 Å². The monoisotopic (exact) mass is 315 g/mol. The number of aromatic hydroxyl groups is 1. The summed E-state index contributed by atoms with van der Waals surface area (Å²) in [5.41, 5.74) is 1.39. The molecule has 2 heterocycles. The Morgan fingerprint density at radius 3 is 2.74 bits per heavy atom. The number of rotatable bonds is 2. The first-order valence-electron chi connectivity index (χ1n) is 7.31. The van der Waals surface area contributed by atoms with Crippen LogP contribution in [0.25, 0.3) is 0 Å². The number of hydrogen-bond donors (Lipinski definition) is 2. The molecule has 7 heteroatoms. The van der Waals surface area contributed by atoms with Crippen LogP contribution in [-0.4, -0.2) is 38.4 Å². The van der Waals surface area contributed by atoms with E-state index in [4.69, 9.17) is 5.11 Å². The molecule has 2 N–H and O–H groups in total. The van der Waals surface area contributed by atoms with Gasteiger partial charge >= 0.3 is 5.97 Å². The van der Waals surface area contributed by atoms with Crippen LogP contribution in [0.1, 0.15) is 45.8 Å². The molecule has 7 nitrogen and oxygen atoms in total. The fraction of sp³-hybridized carbons (Fsp3) is 0.312. The zero-order valence-electron chi connectivity index (χ0n) is 12.9. The van der Waals surface area contributed by atoms with E-state index in [1.54, 1.807) is 12.1 Å². The van der Waals surface area contributed by atoms with E-state index in [-0.39, 0.29) is 29.0 Å². The molecule has 0 radical (unpaired) electrons. The van der Waals surface area contributed by atoms with Gasteiger partial charge in [-0.2, -0.15) is 5.10 Å². The van der Waals surface area contributed by atoms with Crippen LogP contribution in [0, 0.1) is 0 Å². The Kier molecular flexibility index (Phi) is 3.55. The summed E-state index contributed by atoms with van der Waals surface area (Å²) in [6, 6.07) is 6.45. The number of benzene rings is 1. The zero-order chi connectivity index (χ0) is 16.7. The van der Waals surface area contributed by atoms with Crippen molar-refractivity contribution in [1.29, 1.82) is 0 Å². The summed E-state index contributed by atoms with van der Waals surface area (Å²) < 4.78 is 1.25. The molecule has 1 amide bonds. The molecule has 1 unspecified atom stereocenters. The predicted octanol–water partition coefficient (Wildman–Crippen LogP) is 1.98. The van der Waals surface area contributed by atoms with Gasteiger partial charge in [-0.25, -0.2) is 4.79 Å². The Morgan fingerprint density at radius 1 is 1.35 bits per heavy atom. The summed E-state index contributed by atoms with van der Waals surface area (Å²) in [5.74, 6) is -1.28. The van der Waals surface area contributed by atoms with Crippen molar-refractivity contribution in [3.8, 4) is 5.75 Å². The minimum absolute atomic E-state index is 0.0445. The van der Waals surface area contributed by atoms with Crippen LogP contribution in [0.15, 0.2) is 24.3 Å². The lowest BCUT2D eigenvalue weighted by Gasteiger charge is -2.33. The van der Waals surface area contributed by atoms with Crippen LogP contribution in [0.2, 0.25) is 0 Å². The van der Waals surface area contributed by atoms with Crippen LogP contribution in [0.3, 0.4) is 0 Å². The quantitative estimate of drug-likeness (QED) is 0.883. The standard InChI is InChI=1S/C16H17N3O4/c1-9-6-7-19(14-10(9)4-3-5-13(14)20)15(21)12-8-11(16(22)23)17-18(12)2/h3-5,8-9,20H,6-7H2,1-2H3,(H,22,23). The maximum atomic E-state index is 12.8. The van der Waals surface area contributed by atoms with Gasteiger partial charge in [-0.1, -0.05) is 19.1 Å². The van der Waals surface area contributed by atoms with Gasteiger partial charge in [0.25, 0.3) is 5.91 Å². The fourth-order valence-electron chi connectivity index (χ4n) is 2.94. The predicted molar refractivity (Wildman–Crippen MR) is 83.0 cm³/mol. The molecule has 0 bridgehead atoms. The van der Waals surface area contributed by atoms with Crippen molar-refractivity contribution in [1.82, 2.24) is 9.78 Å². The third kappa shape index (κ3) is 2.44. The third-order valence-corrected chi connectivity index (χ3v) is 4.20. The lowest BCUT2D eigenvalue weighted by Crippen LogP contribution is -2.37. The van der Waals surface area contributed by atoms with Crippen molar-refractivity contribution in [2.75, 3.05) is 11.4 Å². The molecular formula is C16H17N3O4. The minimum atomic E-state index is -1.19. The van der Waals surface area contributed by atoms with Crippen LogP contribution >= 0.6 is 0 Å². The molecule has 0 fully saturated rings. The van der Waals surface area contributed by atoms with Gasteiger partial charge < -0.3 is 15.1 Å². The number of hydrogen-bond acceptors (Lipinski definition) is 4. The van der Waals surface area contributed by atoms with Crippen molar-refractivity contribution in [2.45, 2.75) is 19.3 Å². The summed E-state index contributed by atoms with van der Waals surface area (Å²) in [6.45, 7) is 2.50. The number of aromatic nitrogens is 2. The van der Waals surface area contributed by atoms with Gasteiger partial charge in [-0.3, -0.25) is 9.48 Å². The SMILES string of the molecule is CC1CCN(C(=O)c2cc(C(=O)O)nn2C)c2c(O)cccc21. The Morgan fingerprint density at radius 2 is 2.09 bits per heavy atom.